The number of anilines is 2. The zero-order valence-electron chi connectivity index (χ0n) is 11.4. The second kappa shape index (κ2) is 5.88. The molecule has 2 heterocycles. The summed E-state index contributed by atoms with van der Waals surface area (Å²) in [4.78, 5) is 11.4. The van der Waals surface area contributed by atoms with E-state index in [0.717, 1.165) is 24.5 Å². The number of nitrogens with two attached hydrogens (primary N) is 1. The Balaban J connectivity index is 1.98. The van der Waals surface area contributed by atoms with Crippen molar-refractivity contribution in [3.05, 3.63) is 36.4 Å². The number of piperidine rings is 1. The van der Waals surface area contributed by atoms with Gasteiger partial charge in [0.15, 0.2) is 5.82 Å². The van der Waals surface area contributed by atoms with Gasteiger partial charge >= 0.3 is 0 Å². The molecule has 3 N–H and O–H groups in total. The molecule has 1 fully saturated rings. The minimum absolute atomic E-state index is 0.652. The molecule has 0 saturated carbocycles. The highest BCUT2D eigenvalue weighted by molar-refractivity contribution is 5.61. The molecule has 0 bridgehead atoms. The summed E-state index contributed by atoms with van der Waals surface area (Å²) in [5.41, 5.74) is 3.64. The Morgan fingerprint density at radius 3 is 2.45 bits per heavy atom. The molecule has 5 nitrogen and oxygen atoms in total. The Morgan fingerprint density at radius 1 is 1.00 bits per heavy atom. The number of nitrogens with one attached hydrogen (secondary N) is 1. The van der Waals surface area contributed by atoms with Crippen LogP contribution in [-0.2, 0) is 0 Å². The molecule has 5 heteroatoms. The molecule has 0 spiro atoms. The number of nitrogens with zero attached hydrogens (tertiary/aromatic N) is 3. The van der Waals surface area contributed by atoms with E-state index in [1.165, 1.54) is 19.3 Å². The van der Waals surface area contributed by atoms with E-state index in [1.54, 1.807) is 0 Å². The van der Waals surface area contributed by atoms with Crippen LogP contribution in [0.2, 0.25) is 0 Å². The summed E-state index contributed by atoms with van der Waals surface area (Å²) in [7, 11) is 0. The summed E-state index contributed by atoms with van der Waals surface area (Å²) >= 11 is 0. The molecular formula is C15H19N5. The van der Waals surface area contributed by atoms with Crippen LogP contribution >= 0.6 is 0 Å². The van der Waals surface area contributed by atoms with Crippen LogP contribution in [0.4, 0.5) is 11.6 Å². The molecule has 0 aliphatic carbocycles. The van der Waals surface area contributed by atoms with Gasteiger partial charge in [0, 0.05) is 24.7 Å². The van der Waals surface area contributed by atoms with Gasteiger partial charge in [0.1, 0.15) is 11.6 Å². The lowest BCUT2D eigenvalue weighted by atomic mass is 10.1. The zero-order chi connectivity index (χ0) is 13.8. The van der Waals surface area contributed by atoms with Crippen molar-refractivity contribution in [1.82, 2.24) is 9.97 Å². The highest BCUT2D eigenvalue weighted by atomic mass is 15.3. The average Bonchev–Trinajstić information content (AvgIpc) is 2.56. The number of aromatic nitrogens is 2. The third kappa shape index (κ3) is 2.72. The first kappa shape index (κ1) is 12.9. The molecule has 1 aromatic carbocycles. The van der Waals surface area contributed by atoms with Gasteiger partial charge in [-0.3, -0.25) is 0 Å². The summed E-state index contributed by atoms with van der Waals surface area (Å²) in [6.07, 6.45) is 3.74. The van der Waals surface area contributed by atoms with Crippen LogP contribution in [0.1, 0.15) is 19.3 Å². The van der Waals surface area contributed by atoms with Gasteiger partial charge in [0.25, 0.3) is 0 Å². The molecule has 2 aromatic rings. The summed E-state index contributed by atoms with van der Waals surface area (Å²) < 4.78 is 0. The second-order valence-electron chi connectivity index (χ2n) is 4.99. The molecule has 0 atom stereocenters. The average molecular weight is 269 g/mol. The predicted octanol–water partition coefficient (Wildman–Crippen LogP) is 2.42. The number of hydrogen-bond acceptors (Lipinski definition) is 5. The van der Waals surface area contributed by atoms with Gasteiger partial charge in [-0.1, -0.05) is 30.3 Å². The van der Waals surface area contributed by atoms with Gasteiger partial charge in [-0.05, 0) is 19.3 Å². The van der Waals surface area contributed by atoms with Crippen LogP contribution in [0.15, 0.2) is 36.4 Å². The molecule has 0 radical (unpaired) electrons. The molecule has 1 aliphatic heterocycles. The summed E-state index contributed by atoms with van der Waals surface area (Å²) in [6, 6.07) is 11.9. The SMILES string of the molecule is NNc1cc(N2CCCCC2)nc(-c2ccccc2)n1. The molecule has 0 amide bonds. The fourth-order valence-corrected chi connectivity index (χ4v) is 2.51. The maximum atomic E-state index is 5.54. The van der Waals surface area contributed by atoms with Crippen LogP contribution in [0.5, 0.6) is 0 Å². The van der Waals surface area contributed by atoms with Gasteiger partial charge < -0.3 is 10.3 Å². The third-order valence-electron chi connectivity index (χ3n) is 3.57. The largest absolute Gasteiger partial charge is 0.356 e. The maximum Gasteiger partial charge on any atom is 0.163 e. The number of benzene rings is 1. The minimum atomic E-state index is 0.652. The standard InChI is InChI=1S/C15H19N5/c16-19-13-11-14(20-9-5-2-6-10-20)18-15(17-13)12-7-3-1-4-8-12/h1,3-4,7-8,11H,2,5-6,9-10,16H2,(H,17,18,19). The van der Waals surface area contributed by atoms with Crippen molar-refractivity contribution in [1.29, 1.82) is 0 Å². The molecule has 3 rings (SSSR count). The Bertz CT molecular complexity index is 564. The maximum absolute atomic E-state index is 5.54. The summed E-state index contributed by atoms with van der Waals surface area (Å²) in [5, 5.41) is 0. The van der Waals surface area contributed by atoms with Crippen LogP contribution in [0.3, 0.4) is 0 Å². The Hall–Kier alpha value is -2.14. The van der Waals surface area contributed by atoms with E-state index in [9.17, 15) is 0 Å². The fourth-order valence-electron chi connectivity index (χ4n) is 2.51. The van der Waals surface area contributed by atoms with Crippen molar-refractivity contribution in [3.8, 4) is 11.4 Å². The molecule has 20 heavy (non-hydrogen) atoms. The van der Waals surface area contributed by atoms with E-state index < -0.39 is 0 Å². The molecule has 1 aliphatic rings. The Labute approximate surface area is 118 Å². The van der Waals surface area contributed by atoms with E-state index in [4.69, 9.17) is 10.8 Å². The van der Waals surface area contributed by atoms with Crippen LogP contribution < -0.4 is 16.2 Å². The lowest BCUT2D eigenvalue weighted by Crippen LogP contribution is -2.30. The van der Waals surface area contributed by atoms with E-state index in [2.05, 4.69) is 15.3 Å². The number of nitrogen functional groups attached to an aromatic ring is 1. The molecular weight excluding hydrogens is 250 g/mol. The first-order valence-corrected chi connectivity index (χ1v) is 7.03. The summed E-state index contributed by atoms with van der Waals surface area (Å²) in [6.45, 7) is 2.10. The van der Waals surface area contributed by atoms with Gasteiger partial charge in [-0.15, -0.1) is 0 Å². The number of hydrazine groups is 1. The molecule has 1 aromatic heterocycles. The lowest BCUT2D eigenvalue weighted by Gasteiger charge is -2.28. The zero-order valence-corrected chi connectivity index (χ0v) is 11.4. The molecule has 1 saturated heterocycles. The highest BCUT2D eigenvalue weighted by Gasteiger charge is 2.15. The summed E-state index contributed by atoms with van der Waals surface area (Å²) in [5.74, 6) is 7.85. The Kier molecular flexibility index (Phi) is 3.78. The smallest absolute Gasteiger partial charge is 0.163 e. The Morgan fingerprint density at radius 2 is 1.75 bits per heavy atom. The van der Waals surface area contributed by atoms with Crippen LogP contribution in [0, 0.1) is 0 Å². The first-order valence-electron chi connectivity index (χ1n) is 7.03. The fraction of sp³-hybridized carbons (Fsp3) is 0.333. The second-order valence-corrected chi connectivity index (χ2v) is 4.99. The number of rotatable bonds is 3. The van der Waals surface area contributed by atoms with Crippen LogP contribution in [-0.4, -0.2) is 23.1 Å². The molecule has 0 unspecified atom stereocenters. The number of hydrogen-bond donors (Lipinski definition) is 2. The van der Waals surface area contributed by atoms with Gasteiger partial charge in [-0.2, -0.15) is 0 Å². The van der Waals surface area contributed by atoms with E-state index in [-0.39, 0.29) is 0 Å². The van der Waals surface area contributed by atoms with Crippen molar-refractivity contribution >= 4 is 11.6 Å². The highest BCUT2D eigenvalue weighted by Crippen LogP contribution is 2.24. The monoisotopic (exact) mass is 269 g/mol. The van der Waals surface area contributed by atoms with Crippen molar-refractivity contribution in [2.45, 2.75) is 19.3 Å². The topological polar surface area (TPSA) is 67.1 Å². The third-order valence-corrected chi connectivity index (χ3v) is 3.57. The quantitative estimate of drug-likeness (QED) is 0.661. The van der Waals surface area contributed by atoms with E-state index >= 15 is 0 Å². The molecule has 104 valence electrons. The lowest BCUT2D eigenvalue weighted by molar-refractivity contribution is 0.573. The first-order chi connectivity index (χ1) is 9.86. The van der Waals surface area contributed by atoms with Crippen molar-refractivity contribution < 1.29 is 0 Å². The van der Waals surface area contributed by atoms with Gasteiger partial charge in [-0.25, -0.2) is 15.8 Å². The predicted molar refractivity (Wildman–Crippen MR) is 81.3 cm³/mol. The minimum Gasteiger partial charge on any atom is -0.356 e. The van der Waals surface area contributed by atoms with Crippen LogP contribution in [0.25, 0.3) is 11.4 Å². The van der Waals surface area contributed by atoms with Crippen molar-refractivity contribution in [3.63, 3.8) is 0 Å². The van der Waals surface area contributed by atoms with Gasteiger partial charge in [0.2, 0.25) is 0 Å². The normalized spacial score (nSPS) is 15.2. The van der Waals surface area contributed by atoms with Crippen molar-refractivity contribution in [2.24, 2.45) is 5.84 Å². The van der Waals surface area contributed by atoms with E-state index in [1.807, 2.05) is 36.4 Å². The van der Waals surface area contributed by atoms with E-state index in [0.29, 0.717) is 11.6 Å². The van der Waals surface area contributed by atoms with Crippen molar-refractivity contribution in [2.75, 3.05) is 23.4 Å². The van der Waals surface area contributed by atoms with Gasteiger partial charge in [0.05, 0.1) is 0 Å².